The maximum atomic E-state index is 13.3. The maximum absolute atomic E-state index is 13.3. The van der Waals surface area contributed by atoms with Crippen molar-refractivity contribution >= 4 is 5.91 Å². The average molecular weight is 335 g/mol. The van der Waals surface area contributed by atoms with E-state index in [2.05, 4.69) is 4.90 Å². The standard InChI is InChI=1S/C20H33NO3/c1-23-6-7-24-14-15-2-4-21(5-3-15)19(22)20-11-16-8-17(12-20)10-18(9-16)13-20/h15-18H,2-14H2,1H3. The number of piperidine rings is 1. The molecule has 0 radical (unpaired) electrons. The molecular formula is C20H33NO3. The Morgan fingerprint density at radius 3 is 2.12 bits per heavy atom. The zero-order chi connectivity index (χ0) is 16.6. The lowest BCUT2D eigenvalue weighted by Crippen LogP contribution is -2.55. The van der Waals surface area contributed by atoms with Crippen molar-refractivity contribution in [3.8, 4) is 0 Å². The Morgan fingerprint density at radius 1 is 1.00 bits per heavy atom. The maximum Gasteiger partial charge on any atom is 0.228 e. The van der Waals surface area contributed by atoms with Crippen LogP contribution in [0.1, 0.15) is 51.4 Å². The lowest BCUT2D eigenvalue weighted by atomic mass is 9.49. The topological polar surface area (TPSA) is 38.8 Å². The first kappa shape index (κ1) is 16.8. The van der Waals surface area contributed by atoms with Gasteiger partial charge in [0.25, 0.3) is 0 Å². The van der Waals surface area contributed by atoms with Gasteiger partial charge in [-0.2, -0.15) is 0 Å². The molecule has 5 aliphatic rings. The predicted octanol–water partition coefficient (Wildman–Crippen LogP) is 3.10. The number of likely N-dealkylation sites (tertiary alicyclic amines) is 1. The van der Waals surface area contributed by atoms with E-state index in [0.29, 0.717) is 25.0 Å². The highest BCUT2D eigenvalue weighted by Crippen LogP contribution is 2.60. The first-order valence-electron chi connectivity index (χ1n) is 10.0. The van der Waals surface area contributed by atoms with Gasteiger partial charge in [-0.05, 0) is 75.0 Å². The third kappa shape index (κ3) is 3.24. The molecule has 1 heterocycles. The van der Waals surface area contributed by atoms with Crippen molar-refractivity contribution in [1.29, 1.82) is 0 Å². The number of ether oxygens (including phenoxy) is 2. The zero-order valence-corrected chi connectivity index (χ0v) is 15.2. The first-order chi connectivity index (χ1) is 11.7. The second kappa shape index (κ2) is 6.95. The second-order valence-corrected chi connectivity index (χ2v) is 9.00. The van der Waals surface area contributed by atoms with Crippen LogP contribution in [0.5, 0.6) is 0 Å². The summed E-state index contributed by atoms with van der Waals surface area (Å²) in [6.07, 6.45) is 10.0. The van der Waals surface area contributed by atoms with Crippen LogP contribution in [0, 0.1) is 29.1 Å². The van der Waals surface area contributed by atoms with Crippen molar-refractivity contribution in [2.45, 2.75) is 51.4 Å². The summed E-state index contributed by atoms with van der Waals surface area (Å²) in [7, 11) is 1.71. The van der Waals surface area contributed by atoms with E-state index in [-0.39, 0.29) is 5.41 Å². The lowest BCUT2D eigenvalue weighted by molar-refractivity contribution is -0.159. The third-order valence-corrected chi connectivity index (χ3v) is 7.18. The van der Waals surface area contributed by atoms with Gasteiger partial charge in [0.1, 0.15) is 0 Å². The number of amides is 1. The molecule has 136 valence electrons. The molecule has 0 spiro atoms. The fourth-order valence-electron chi connectivity index (χ4n) is 6.40. The Balaban J connectivity index is 1.29. The second-order valence-electron chi connectivity index (χ2n) is 9.00. The van der Waals surface area contributed by atoms with E-state index in [9.17, 15) is 4.79 Å². The van der Waals surface area contributed by atoms with Crippen molar-refractivity contribution in [2.75, 3.05) is 40.0 Å². The number of carbonyl (C=O) groups is 1. The molecular weight excluding hydrogens is 302 g/mol. The van der Waals surface area contributed by atoms with Gasteiger partial charge in [0, 0.05) is 26.8 Å². The van der Waals surface area contributed by atoms with Gasteiger partial charge in [-0.15, -0.1) is 0 Å². The van der Waals surface area contributed by atoms with Gasteiger partial charge < -0.3 is 14.4 Å². The molecule has 0 aromatic heterocycles. The van der Waals surface area contributed by atoms with Crippen LogP contribution >= 0.6 is 0 Å². The van der Waals surface area contributed by atoms with Crippen LogP contribution in [0.15, 0.2) is 0 Å². The molecule has 1 saturated heterocycles. The average Bonchev–Trinajstić information content (AvgIpc) is 2.57. The number of methoxy groups -OCH3 is 1. The van der Waals surface area contributed by atoms with Gasteiger partial charge >= 0.3 is 0 Å². The van der Waals surface area contributed by atoms with Gasteiger partial charge in [0.2, 0.25) is 5.91 Å². The van der Waals surface area contributed by atoms with Crippen LogP contribution in [0.25, 0.3) is 0 Å². The van der Waals surface area contributed by atoms with Crippen LogP contribution in [0.2, 0.25) is 0 Å². The van der Waals surface area contributed by atoms with Crippen LogP contribution in [0.3, 0.4) is 0 Å². The highest BCUT2D eigenvalue weighted by Gasteiger charge is 2.55. The monoisotopic (exact) mass is 335 g/mol. The van der Waals surface area contributed by atoms with Crippen molar-refractivity contribution in [3.05, 3.63) is 0 Å². The van der Waals surface area contributed by atoms with E-state index in [1.807, 2.05) is 0 Å². The van der Waals surface area contributed by atoms with Gasteiger partial charge in [-0.3, -0.25) is 4.79 Å². The summed E-state index contributed by atoms with van der Waals surface area (Å²) in [5.41, 5.74) is 0.0382. The number of hydrogen-bond donors (Lipinski definition) is 0. The lowest BCUT2D eigenvalue weighted by Gasteiger charge is -2.57. The normalized spacial score (nSPS) is 38.7. The summed E-state index contributed by atoms with van der Waals surface area (Å²) in [5.74, 6) is 3.69. The molecule has 0 atom stereocenters. The number of carbonyl (C=O) groups excluding carboxylic acids is 1. The highest BCUT2D eigenvalue weighted by atomic mass is 16.5. The van der Waals surface area contributed by atoms with E-state index in [1.54, 1.807) is 7.11 Å². The Morgan fingerprint density at radius 2 is 1.58 bits per heavy atom. The van der Waals surface area contributed by atoms with E-state index >= 15 is 0 Å². The van der Waals surface area contributed by atoms with Crippen LogP contribution < -0.4 is 0 Å². The number of rotatable bonds is 6. The van der Waals surface area contributed by atoms with Gasteiger partial charge in [-0.25, -0.2) is 0 Å². The molecule has 0 N–H and O–H groups in total. The van der Waals surface area contributed by atoms with Gasteiger partial charge in [0.15, 0.2) is 0 Å². The Bertz CT molecular complexity index is 421. The molecule has 24 heavy (non-hydrogen) atoms. The summed E-state index contributed by atoms with van der Waals surface area (Å²) in [6, 6.07) is 0. The molecule has 4 saturated carbocycles. The van der Waals surface area contributed by atoms with Crippen molar-refractivity contribution in [2.24, 2.45) is 29.1 Å². The van der Waals surface area contributed by atoms with E-state index in [4.69, 9.17) is 9.47 Å². The minimum atomic E-state index is 0.0382. The zero-order valence-electron chi connectivity index (χ0n) is 15.2. The molecule has 4 nitrogen and oxygen atoms in total. The molecule has 0 aromatic carbocycles. The quantitative estimate of drug-likeness (QED) is 0.700. The summed E-state index contributed by atoms with van der Waals surface area (Å²) < 4.78 is 10.7. The van der Waals surface area contributed by atoms with E-state index < -0.39 is 0 Å². The highest BCUT2D eigenvalue weighted by molar-refractivity contribution is 5.83. The molecule has 4 aliphatic carbocycles. The molecule has 0 aromatic rings. The van der Waals surface area contributed by atoms with E-state index in [0.717, 1.165) is 50.3 Å². The first-order valence-corrected chi connectivity index (χ1v) is 10.0. The van der Waals surface area contributed by atoms with Crippen LogP contribution in [-0.2, 0) is 14.3 Å². The van der Waals surface area contributed by atoms with Crippen LogP contribution in [0.4, 0.5) is 0 Å². The molecule has 4 heteroatoms. The Labute approximate surface area is 146 Å². The molecule has 1 amide bonds. The fraction of sp³-hybridized carbons (Fsp3) is 0.950. The molecule has 1 aliphatic heterocycles. The summed E-state index contributed by atoms with van der Waals surface area (Å²) in [6.45, 7) is 4.06. The molecule has 5 rings (SSSR count). The number of hydrogen-bond acceptors (Lipinski definition) is 3. The van der Waals surface area contributed by atoms with Crippen molar-refractivity contribution < 1.29 is 14.3 Å². The molecule has 4 bridgehead atoms. The largest absolute Gasteiger partial charge is 0.382 e. The number of nitrogens with zero attached hydrogens (tertiary/aromatic N) is 1. The third-order valence-electron chi connectivity index (χ3n) is 7.18. The van der Waals surface area contributed by atoms with Crippen LogP contribution in [-0.4, -0.2) is 50.8 Å². The van der Waals surface area contributed by atoms with Gasteiger partial charge in [0.05, 0.1) is 18.6 Å². The molecule has 0 unspecified atom stereocenters. The Kier molecular flexibility index (Phi) is 4.88. The summed E-state index contributed by atoms with van der Waals surface area (Å²) in [4.78, 5) is 15.5. The van der Waals surface area contributed by atoms with Gasteiger partial charge in [-0.1, -0.05) is 0 Å². The smallest absolute Gasteiger partial charge is 0.228 e. The summed E-state index contributed by atoms with van der Waals surface area (Å²) in [5, 5.41) is 0. The van der Waals surface area contributed by atoms with Crippen molar-refractivity contribution in [1.82, 2.24) is 4.90 Å². The minimum absolute atomic E-state index is 0.0382. The minimum Gasteiger partial charge on any atom is -0.382 e. The SMILES string of the molecule is COCCOCC1CCN(C(=O)C23CC4CC(CC(C4)C2)C3)CC1. The van der Waals surface area contributed by atoms with Crippen molar-refractivity contribution in [3.63, 3.8) is 0 Å². The summed E-state index contributed by atoms with van der Waals surface area (Å²) >= 11 is 0. The molecule has 5 fully saturated rings. The fourth-order valence-corrected chi connectivity index (χ4v) is 6.40. The Hall–Kier alpha value is -0.610. The predicted molar refractivity (Wildman–Crippen MR) is 92.6 cm³/mol. The van der Waals surface area contributed by atoms with E-state index in [1.165, 1.54) is 38.5 Å².